The van der Waals surface area contributed by atoms with Crippen LogP contribution in [-0.4, -0.2) is 20.3 Å². The van der Waals surface area contributed by atoms with Gasteiger partial charge in [0.25, 0.3) is 0 Å². The summed E-state index contributed by atoms with van der Waals surface area (Å²) in [7, 11) is -4.05. The Morgan fingerprint density at radius 1 is 1.00 bits per heavy atom. The molecular formula is C23H16ClNO5S. The highest BCUT2D eigenvalue weighted by atomic mass is 35.5. The number of cyclic esters (lactones) is 1. The van der Waals surface area contributed by atoms with Crippen LogP contribution in [-0.2, 0) is 19.6 Å². The molecule has 4 rings (SSSR count). The second-order valence-corrected chi connectivity index (χ2v) is 8.72. The first-order valence-corrected chi connectivity index (χ1v) is 11.0. The van der Waals surface area contributed by atoms with Gasteiger partial charge in [-0.05, 0) is 49.4 Å². The second kappa shape index (κ2) is 8.37. The Labute approximate surface area is 184 Å². The Kier molecular flexibility index (Phi) is 5.63. The number of ether oxygens (including phenoxy) is 1. The molecule has 1 aliphatic heterocycles. The molecule has 1 heterocycles. The van der Waals surface area contributed by atoms with Crippen LogP contribution < -0.4 is 4.18 Å². The molecule has 0 N–H and O–H groups in total. The highest BCUT2D eigenvalue weighted by Gasteiger charge is 2.25. The van der Waals surface area contributed by atoms with E-state index in [1.54, 1.807) is 54.6 Å². The highest BCUT2D eigenvalue weighted by molar-refractivity contribution is 7.87. The van der Waals surface area contributed by atoms with E-state index in [9.17, 15) is 13.2 Å². The van der Waals surface area contributed by atoms with E-state index in [4.69, 9.17) is 20.5 Å². The Hall–Kier alpha value is -3.42. The molecule has 8 heteroatoms. The van der Waals surface area contributed by atoms with Crippen molar-refractivity contribution in [3.05, 3.63) is 100 Å². The van der Waals surface area contributed by atoms with Crippen LogP contribution in [0.15, 0.2) is 88.4 Å². The van der Waals surface area contributed by atoms with Crippen molar-refractivity contribution >= 4 is 39.7 Å². The molecular weight excluding hydrogens is 438 g/mol. The number of nitrogens with zero attached hydrogens (tertiary/aromatic N) is 1. The third-order valence-electron chi connectivity index (χ3n) is 4.41. The van der Waals surface area contributed by atoms with Crippen molar-refractivity contribution in [3.63, 3.8) is 0 Å². The van der Waals surface area contributed by atoms with Crippen molar-refractivity contribution in [1.29, 1.82) is 0 Å². The molecule has 0 saturated heterocycles. The SMILES string of the molecule is Cc1ccc(S(=O)(=O)Oc2ccccc2/C=C2\N=C(c3cccc(Cl)c3)OC2=O)cc1. The fourth-order valence-corrected chi connectivity index (χ4v) is 3.99. The molecule has 3 aromatic rings. The lowest BCUT2D eigenvalue weighted by molar-refractivity contribution is -0.129. The topological polar surface area (TPSA) is 82.0 Å². The maximum absolute atomic E-state index is 12.7. The zero-order chi connectivity index (χ0) is 22.0. The number of aryl methyl sites for hydroxylation is 1. The molecule has 0 radical (unpaired) electrons. The number of carbonyl (C=O) groups is 1. The number of carbonyl (C=O) groups excluding carboxylic acids is 1. The van der Waals surface area contributed by atoms with Gasteiger partial charge in [-0.25, -0.2) is 9.79 Å². The van der Waals surface area contributed by atoms with Gasteiger partial charge in [0.1, 0.15) is 10.6 Å². The van der Waals surface area contributed by atoms with Gasteiger partial charge in [-0.15, -0.1) is 0 Å². The van der Waals surface area contributed by atoms with E-state index in [1.165, 1.54) is 24.3 Å². The van der Waals surface area contributed by atoms with Gasteiger partial charge >= 0.3 is 16.1 Å². The monoisotopic (exact) mass is 453 g/mol. The maximum atomic E-state index is 12.7. The standard InChI is InChI=1S/C23H16ClNO5S/c1-15-9-11-19(12-10-15)31(27,28)30-21-8-3-2-5-16(21)14-20-23(26)29-22(25-20)17-6-4-7-18(24)13-17/h2-14H,1H3/b20-14-. The number of halogens is 1. The van der Waals surface area contributed by atoms with E-state index in [-0.39, 0.29) is 22.2 Å². The van der Waals surface area contributed by atoms with Crippen LogP contribution in [0.3, 0.4) is 0 Å². The Morgan fingerprint density at radius 3 is 2.48 bits per heavy atom. The molecule has 0 atom stereocenters. The van der Waals surface area contributed by atoms with Crippen molar-refractivity contribution in [2.24, 2.45) is 4.99 Å². The normalized spacial score (nSPS) is 15.0. The number of esters is 1. The van der Waals surface area contributed by atoms with Crippen LogP contribution in [0.4, 0.5) is 0 Å². The summed E-state index contributed by atoms with van der Waals surface area (Å²) in [6.45, 7) is 1.86. The summed E-state index contributed by atoms with van der Waals surface area (Å²) in [6, 6.07) is 19.5. The van der Waals surface area contributed by atoms with E-state index < -0.39 is 16.1 Å². The number of hydrogen-bond acceptors (Lipinski definition) is 6. The van der Waals surface area contributed by atoms with E-state index in [0.29, 0.717) is 16.1 Å². The van der Waals surface area contributed by atoms with Gasteiger partial charge in [-0.1, -0.05) is 53.6 Å². The van der Waals surface area contributed by atoms with Gasteiger partial charge in [0.05, 0.1) is 0 Å². The maximum Gasteiger partial charge on any atom is 0.363 e. The number of aliphatic imine (C=N–C) groups is 1. The fraction of sp³-hybridized carbons (Fsp3) is 0.0435. The minimum atomic E-state index is -4.05. The lowest BCUT2D eigenvalue weighted by atomic mass is 10.1. The van der Waals surface area contributed by atoms with E-state index in [0.717, 1.165) is 5.56 Å². The van der Waals surface area contributed by atoms with Crippen LogP contribution in [0.2, 0.25) is 5.02 Å². The summed E-state index contributed by atoms with van der Waals surface area (Å²) in [4.78, 5) is 16.6. The largest absolute Gasteiger partial charge is 0.402 e. The van der Waals surface area contributed by atoms with Gasteiger partial charge in [-0.3, -0.25) is 0 Å². The summed E-state index contributed by atoms with van der Waals surface area (Å²) in [6.07, 6.45) is 1.42. The molecule has 31 heavy (non-hydrogen) atoms. The number of rotatable bonds is 5. The molecule has 0 bridgehead atoms. The zero-order valence-electron chi connectivity index (χ0n) is 16.3. The van der Waals surface area contributed by atoms with Gasteiger partial charge in [0.15, 0.2) is 5.70 Å². The summed E-state index contributed by atoms with van der Waals surface area (Å²) in [5.74, 6) is -0.481. The van der Waals surface area contributed by atoms with Crippen molar-refractivity contribution in [3.8, 4) is 5.75 Å². The first-order chi connectivity index (χ1) is 14.8. The summed E-state index contributed by atoms with van der Waals surface area (Å²) < 4.78 is 35.9. The van der Waals surface area contributed by atoms with Gasteiger partial charge in [-0.2, -0.15) is 8.42 Å². The third-order valence-corrected chi connectivity index (χ3v) is 5.90. The fourth-order valence-electron chi connectivity index (χ4n) is 2.85. The zero-order valence-corrected chi connectivity index (χ0v) is 17.9. The Balaban J connectivity index is 1.66. The van der Waals surface area contributed by atoms with Gasteiger partial charge in [0, 0.05) is 16.1 Å². The molecule has 0 fully saturated rings. The van der Waals surface area contributed by atoms with Crippen LogP contribution in [0.1, 0.15) is 16.7 Å². The molecule has 0 amide bonds. The minimum absolute atomic E-state index is 0.0127. The summed E-state index contributed by atoms with van der Waals surface area (Å²) in [5, 5.41) is 0.480. The molecule has 156 valence electrons. The molecule has 0 aliphatic carbocycles. The first kappa shape index (κ1) is 20.8. The van der Waals surface area contributed by atoms with Crippen LogP contribution in [0, 0.1) is 6.92 Å². The first-order valence-electron chi connectivity index (χ1n) is 9.20. The average molecular weight is 454 g/mol. The number of para-hydroxylation sites is 1. The quantitative estimate of drug-likeness (QED) is 0.316. The Morgan fingerprint density at radius 2 is 1.74 bits per heavy atom. The van der Waals surface area contributed by atoms with Gasteiger partial charge in [0.2, 0.25) is 5.90 Å². The van der Waals surface area contributed by atoms with Gasteiger partial charge < -0.3 is 8.92 Å². The van der Waals surface area contributed by atoms with Crippen molar-refractivity contribution in [2.75, 3.05) is 0 Å². The van der Waals surface area contributed by atoms with Crippen molar-refractivity contribution in [1.82, 2.24) is 0 Å². The minimum Gasteiger partial charge on any atom is -0.402 e. The molecule has 6 nitrogen and oxygen atoms in total. The van der Waals surface area contributed by atoms with Crippen LogP contribution in [0.25, 0.3) is 6.08 Å². The molecule has 0 aromatic heterocycles. The van der Waals surface area contributed by atoms with Crippen molar-refractivity contribution < 1.29 is 22.1 Å². The molecule has 0 saturated carbocycles. The third kappa shape index (κ3) is 4.68. The second-order valence-electron chi connectivity index (χ2n) is 6.73. The highest BCUT2D eigenvalue weighted by Crippen LogP contribution is 2.27. The van der Waals surface area contributed by atoms with Crippen LogP contribution >= 0.6 is 11.6 Å². The van der Waals surface area contributed by atoms with Crippen LogP contribution in [0.5, 0.6) is 5.75 Å². The average Bonchev–Trinajstić information content (AvgIpc) is 3.10. The van der Waals surface area contributed by atoms with E-state index in [2.05, 4.69) is 4.99 Å². The lowest BCUT2D eigenvalue weighted by Crippen LogP contribution is -2.10. The number of hydrogen-bond donors (Lipinski definition) is 0. The molecule has 0 spiro atoms. The molecule has 0 unspecified atom stereocenters. The Bertz CT molecular complexity index is 1330. The predicted octanol–water partition coefficient (Wildman–Crippen LogP) is 4.76. The lowest BCUT2D eigenvalue weighted by Gasteiger charge is -2.09. The summed E-state index contributed by atoms with van der Waals surface area (Å²) >= 11 is 5.98. The molecule has 1 aliphatic rings. The van der Waals surface area contributed by atoms with Crippen molar-refractivity contribution in [2.45, 2.75) is 11.8 Å². The smallest absolute Gasteiger partial charge is 0.363 e. The summed E-state index contributed by atoms with van der Waals surface area (Å²) in [5.41, 5.74) is 1.85. The van der Waals surface area contributed by atoms with E-state index >= 15 is 0 Å². The number of benzene rings is 3. The molecule has 3 aromatic carbocycles. The van der Waals surface area contributed by atoms with E-state index in [1.807, 2.05) is 6.92 Å². The predicted molar refractivity (Wildman–Crippen MR) is 117 cm³/mol.